The van der Waals surface area contributed by atoms with E-state index < -0.39 is 57.7 Å². The van der Waals surface area contributed by atoms with E-state index in [1.165, 1.54) is 44.2 Å². The Balaban J connectivity index is 0.000000785. The van der Waals surface area contributed by atoms with Gasteiger partial charge in [-0.3, -0.25) is 9.59 Å². The summed E-state index contributed by atoms with van der Waals surface area (Å²) < 4.78 is 84.4. The second kappa shape index (κ2) is 15.7. The molecule has 18 heteroatoms. The molecule has 0 spiro atoms. The third-order valence-electron chi connectivity index (χ3n) is 8.36. The lowest BCUT2D eigenvalue weighted by Crippen LogP contribution is -2.40. The highest BCUT2D eigenvalue weighted by Crippen LogP contribution is 2.43. The van der Waals surface area contributed by atoms with Crippen LogP contribution < -0.4 is 20.5 Å². The van der Waals surface area contributed by atoms with Crippen LogP contribution in [0.2, 0.25) is 0 Å². The van der Waals surface area contributed by atoms with E-state index in [1.807, 2.05) is 0 Å². The van der Waals surface area contributed by atoms with Crippen molar-refractivity contribution >= 4 is 50.0 Å². The summed E-state index contributed by atoms with van der Waals surface area (Å²) in [7, 11) is -1.05. The average molecular weight is 751 g/mol. The lowest BCUT2D eigenvalue weighted by molar-refractivity contribution is -0.192. The van der Waals surface area contributed by atoms with Crippen LogP contribution in [0.3, 0.4) is 0 Å². The number of amides is 1. The Hall–Kier alpha value is -5.65. The van der Waals surface area contributed by atoms with Gasteiger partial charge in [-0.25, -0.2) is 22.6 Å². The maximum atomic E-state index is 15.8. The summed E-state index contributed by atoms with van der Waals surface area (Å²) in [6.45, 7) is 1.49. The van der Waals surface area contributed by atoms with Crippen LogP contribution in [-0.2, 0) is 24.2 Å². The third-order valence-corrected chi connectivity index (χ3v) is 10.2. The fourth-order valence-electron chi connectivity index (χ4n) is 5.83. The largest absolute Gasteiger partial charge is 0.493 e. The predicted molar refractivity (Wildman–Crippen MR) is 180 cm³/mol. The van der Waals surface area contributed by atoms with Gasteiger partial charge in [0.1, 0.15) is 17.7 Å². The van der Waals surface area contributed by atoms with Gasteiger partial charge in [0.05, 0.1) is 36.8 Å². The van der Waals surface area contributed by atoms with Crippen LogP contribution in [0.4, 0.5) is 29.1 Å². The number of sulfone groups is 1. The Labute approximate surface area is 294 Å². The number of halogens is 4. The van der Waals surface area contributed by atoms with Gasteiger partial charge in [-0.05, 0) is 53.8 Å². The summed E-state index contributed by atoms with van der Waals surface area (Å²) in [6, 6.07) is 12.9. The molecule has 0 aliphatic carbocycles. The van der Waals surface area contributed by atoms with Crippen molar-refractivity contribution in [3.05, 3.63) is 83.8 Å². The molecule has 0 saturated carbocycles. The molecule has 5 rings (SSSR count). The fourth-order valence-corrected chi connectivity index (χ4v) is 6.98. The number of aromatic nitrogens is 1. The summed E-state index contributed by atoms with van der Waals surface area (Å²) in [5, 5.41) is 21.8. The van der Waals surface area contributed by atoms with Gasteiger partial charge in [0.15, 0.2) is 21.3 Å². The van der Waals surface area contributed by atoms with E-state index in [0.717, 1.165) is 11.5 Å². The molecular weight excluding hydrogens is 716 g/mol. The minimum Gasteiger partial charge on any atom is -0.493 e. The van der Waals surface area contributed by atoms with Crippen LogP contribution in [0.5, 0.6) is 11.5 Å². The van der Waals surface area contributed by atoms with Crippen LogP contribution in [-0.4, -0.2) is 79.1 Å². The molecule has 2 heterocycles. The molecule has 5 N–H and O–H groups in total. The number of alkyl halides is 3. The number of hydrogen-bond donors (Lipinski definition) is 4. The van der Waals surface area contributed by atoms with Crippen LogP contribution in [0.15, 0.2) is 71.8 Å². The summed E-state index contributed by atoms with van der Waals surface area (Å²) in [4.78, 5) is 41.3. The van der Waals surface area contributed by atoms with Crippen molar-refractivity contribution in [3.8, 4) is 11.5 Å². The summed E-state index contributed by atoms with van der Waals surface area (Å²) >= 11 is 0. The van der Waals surface area contributed by atoms with Crippen LogP contribution in [0.25, 0.3) is 10.8 Å². The molecule has 13 nitrogen and oxygen atoms in total. The highest BCUT2D eigenvalue weighted by Gasteiger charge is 2.46. The number of rotatable bonds is 10. The zero-order valence-electron chi connectivity index (χ0n) is 27.8. The van der Waals surface area contributed by atoms with Gasteiger partial charge in [0.2, 0.25) is 5.91 Å². The SMILES string of the molecule is CCS(=O)(=O)c1ccccc1[C@H]1[C@@H](C(=O)O)CCN1C(=O)[C@@H](Nc1ccc2c(N)nccc2c1)c1cc(OC)c(OC)cc1F.O=C(O)C(F)(F)F. The van der Waals surface area contributed by atoms with E-state index in [0.29, 0.717) is 16.9 Å². The van der Waals surface area contributed by atoms with E-state index in [2.05, 4.69) is 10.3 Å². The number of likely N-dealkylation sites (tertiary alicyclic amines) is 1. The number of carbonyl (C=O) groups excluding carboxylic acids is 1. The first-order chi connectivity index (χ1) is 24.4. The zero-order chi connectivity index (χ0) is 38.5. The lowest BCUT2D eigenvalue weighted by Gasteiger charge is -2.32. The molecule has 1 aliphatic heterocycles. The zero-order valence-corrected chi connectivity index (χ0v) is 28.7. The molecule has 1 amide bonds. The van der Waals surface area contributed by atoms with Crippen LogP contribution >= 0.6 is 0 Å². The summed E-state index contributed by atoms with van der Waals surface area (Å²) in [5.74, 6) is -6.08. The topological polar surface area (TPSA) is 198 Å². The Morgan fingerprint density at radius 2 is 1.67 bits per heavy atom. The number of nitrogens with zero attached hydrogens (tertiary/aromatic N) is 2. The maximum Gasteiger partial charge on any atom is 0.490 e. The van der Waals surface area contributed by atoms with Gasteiger partial charge >= 0.3 is 18.1 Å². The first-order valence-corrected chi connectivity index (χ1v) is 17.1. The Morgan fingerprint density at radius 1 is 1.04 bits per heavy atom. The molecule has 1 fully saturated rings. The molecule has 4 aromatic rings. The Morgan fingerprint density at radius 3 is 2.27 bits per heavy atom. The molecule has 1 saturated heterocycles. The predicted octanol–water partition coefficient (Wildman–Crippen LogP) is 5.23. The van der Waals surface area contributed by atoms with E-state index in [-0.39, 0.29) is 46.2 Å². The number of methoxy groups -OCH3 is 2. The number of ether oxygens (including phenoxy) is 2. The number of nitrogens with one attached hydrogen (secondary N) is 1. The number of benzene rings is 3. The second-order valence-corrected chi connectivity index (χ2v) is 13.6. The molecule has 3 atom stereocenters. The number of fused-ring (bicyclic) bond motifs is 1. The standard InChI is InChI=1S/C32H33FN4O7S.C2HF3O2/c1-4-45(41,42)27-8-6-5-7-21(27)29-22(32(39)40)12-14-37(29)31(38)28(23-16-25(43-2)26(44-3)17-24(23)33)36-19-9-10-20-18(15-19)11-13-35-30(20)34;3-2(4,5)1(6)7/h5-11,13,15-17,22,28-29,36H,4,12,14H2,1-3H3,(H2,34,35)(H,39,40);(H,6,7)/t22-,28-,29-;/m0./s1. The molecule has 3 aromatic carbocycles. The smallest absolute Gasteiger partial charge is 0.490 e. The van der Waals surface area contributed by atoms with Crippen molar-refractivity contribution in [2.24, 2.45) is 5.92 Å². The molecule has 278 valence electrons. The van der Waals surface area contributed by atoms with Gasteiger partial charge in [0, 0.05) is 35.4 Å². The second-order valence-electron chi connectivity index (χ2n) is 11.4. The van der Waals surface area contributed by atoms with Crippen molar-refractivity contribution in [1.82, 2.24) is 9.88 Å². The quantitative estimate of drug-likeness (QED) is 0.154. The number of carboxylic acid groups (broad SMARTS) is 2. The fraction of sp³-hybridized carbons (Fsp3) is 0.294. The van der Waals surface area contributed by atoms with Crippen LogP contribution in [0.1, 0.15) is 36.6 Å². The number of nitrogens with two attached hydrogens (primary N) is 1. The van der Waals surface area contributed by atoms with Crippen LogP contribution in [0, 0.1) is 11.7 Å². The van der Waals surface area contributed by atoms with Crippen molar-refractivity contribution in [2.45, 2.75) is 36.5 Å². The van der Waals surface area contributed by atoms with E-state index >= 15 is 4.39 Å². The number of pyridine rings is 1. The van der Waals surface area contributed by atoms with Crippen molar-refractivity contribution in [1.29, 1.82) is 0 Å². The van der Waals surface area contributed by atoms with Gasteiger partial charge in [-0.15, -0.1) is 0 Å². The number of aliphatic carboxylic acids is 2. The Kier molecular flexibility index (Phi) is 11.8. The molecule has 1 aliphatic rings. The molecule has 1 aromatic heterocycles. The third kappa shape index (κ3) is 8.28. The number of carboxylic acids is 2. The van der Waals surface area contributed by atoms with Gasteiger partial charge in [0.25, 0.3) is 0 Å². The summed E-state index contributed by atoms with van der Waals surface area (Å²) in [6.07, 6.45) is -3.48. The molecule has 0 unspecified atom stereocenters. The molecule has 0 radical (unpaired) electrons. The van der Waals surface area contributed by atoms with Crippen molar-refractivity contribution in [3.63, 3.8) is 0 Å². The van der Waals surface area contributed by atoms with E-state index in [1.54, 1.807) is 42.6 Å². The monoisotopic (exact) mass is 750 g/mol. The maximum absolute atomic E-state index is 15.8. The molecule has 52 heavy (non-hydrogen) atoms. The number of nitrogen functional groups attached to an aromatic ring is 1. The first-order valence-electron chi connectivity index (χ1n) is 15.4. The van der Waals surface area contributed by atoms with Crippen molar-refractivity contribution < 1.29 is 60.0 Å². The van der Waals surface area contributed by atoms with Gasteiger partial charge < -0.3 is 35.6 Å². The number of carbonyl (C=O) groups is 3. The van der Waals surface area contributed by atoms with Gasteiger partial charge in [-0.1, -0.05) is 25.1 Å². The normalized spacial score (nSPS) is 16.4. The minimum absolute atomic E-state index is 0.00597. The minimum atomic E-state index is -5.08. The van der Waals surface area contributed by atoms with E-state index in [4.69, 9.17) is 25.1 Å². The lowest BCUT2D eigenvalue weighted by atomic mass is 9.93. The highest BCUT2D eigenvalue weighted by molar-refractivity contribution is 7.91. The highest BCUT2D eigenvalue weighted by atomic mass is 32.2. The average Bonchev–Trinajstić information content (AvgIpc) is 3.56. The van der Waals surface area contributed by atoms with Gasteiger partial charge in [-0.2, -0.15) is 13.2 Å². The number of anilines is 2. The first kappa shape index (κ1) is 39.1. The summed E-state index contributed by atoms with van der Waals surface area (Å²) in [5.41, 5.74) is 6.56. The molecule has 0 bridgehead atoms. The van der Waals surface area contributed by atoms with E-state index in [9.17, 15) is 36.3 Å². The van der Waals surface area contributed by atoms with Crippen molar-refractivity contribution in [2.75, 3.05) is 37.6 Å². The Bertz CT molecular complexity index is 2100. The number of hydrogen-bond acceptors (Lipinski definition) is 10. The molecular formula is C34H34F4N4O9S.